The van der Waals surface area contributed by atoms with Crippen molar-refractivity contribution < 1.29 is 4.74 Å². The molecule has 0 aromatic carbocycles. The van der Waals surface area contributed by atoms with Crippen molar-refractivity contribution in [3.8, 4) is 0 Å². The van der Waals surface area contributed by atoms with Gasteiger partial charge in [0.1, 0.15) is 0 Å². The Balaban J connectivity index is 0.000000319. The molecule has 15 heavy (non-hydrogen) atoms. The maximum atomic E-state index is 5.88. The van der Waals surface area contributed by atoms with Gasteiger partial charge in [-0.1, -0.05) is 0 Å². The molecule has 1 aliphatic carbocycles. The maximum absolute atomic E-state index is 5.88. The highest BCUT2D eigenvalue weighted by Crippen LogP contribution is 2.39. The quantitative estimate of drug-likeness (QED) is 0.486. The van der Waals surface area contributed by atoms with E-state index in [0.717, 1.165) is 13.2 Å². The molecule has 1 saturated heterocycles. The Morgan fingerprint density at radius 2 is 0.667 bits per heavy atom. The Labute approximate surface area is 119 Å². The van der Waals surface area contributed by atoms with Crippen LogP contribution in [0.1, 0.15) is 0 Å². The zero-order valence-corrected chi connectivity index (χ0v) is 12.1. The summed E-state index contributed by atoms with van der Waals surface area (Å²) in [6.45, 7) is 2.00. The first-order chi connectivity index (χ1) is 6.96. The van der Waals surface area contributed by atoms with Crippen LogP contribution in [0.25, 0.3) is 0 Å². The molecule has 1 saturated carbocycles. The largest absolute Gasteiger partial charge is 0.377 e. The molecule has 0 N–H and O–H groups in total. The van der Waals surface area contributed by atoms with Crippen molar-refractivity contribution in [1.82, 2.24) is 0 Å². The second kappa shape index (κ2) is 6.58. The molecule has 1 nitrogen and oxygen atoms in total. The third-order valence-electron chi connectivity index (χ3n) is 2.03. The fraction of sp³-hybridized carbons (Fsp3) is 1.00. The molecule has 0 spiro atoms. The first-order valence-electron chi connectivity index (χ1n) is 4.39. The number of halogens is 6. The van der Waals surface area contributed by atoms with Gasteiger partial charge in [0.25, 0.3) is 0 Å². The van der Waals surface area contributed by atoms with Gasteiger partial charge in [0.15, 0.2) is 0 Å². The van der Waals surface area contributed by atoms with Crippen molar-refractivity contribution in [1.29, 1.82) is 0 Å². The predicted octanol–water partition coefficient (Wildman–Crippen LogP) is 3.66. The van der Waals surface area contributed by atoms with Gasteiger partial charge >= 0.3 is 0 Å². The van der Waals surface area contributed by atoms with E-state index in [1.165, 1.54) is 0 Å². The van der Waals surface area contributed by atoms with Crippen LogP contribution in [0.4, 0.5) is 0 Å². The summed E-state index contributed by atoms with van der Waals surface area (Å²) >= 11 is 35.3. The molecule has 7 heteroatoms. The molecule has 0 amide bonds. The zero-order chi connectivity index (χ0) is 11.6. The summed E-state index contributed by atoms with van der Waals surface area (Å²) in [7, 11) is 0. The summed E-state index contributed by atoms with van der Waals surface area (Å²) in [5.41, 5.74) is 0. The number of epoxide rings is 1. The smallest absolute Gasteiger partial charge is 0.0701 e. The summed E-state index contributed by atoms with van der Waals surface area (Å²) in [6.07, 6.45) is 0. The highest BCUT2D eigenvalue weighted by atomic mass is 35.5. The Morgan fingerprint density at radius 1 is 0.533 bits per heavy atom. The standard InChI is InChI=1S/C6H6Cl6.C2H4O/c7-1-2(8)4(10)6(12)5(11)3(1)9;1-2-3-1/h1-6H;1-2H2/t1-,2-,3-,4+,5+,6+;. The summed E-state index contributed by atoms with van der Waals surface area (Å²) in [6, 6.07) is 0. The lowest BCUT2D eigenvalue weighted by atomic mass is 9.97. The van der Waals surface area contributed by atoms with Crippen LogP contribution in [0.5, 0.6) is 0 Å². The van der Waals surface area contributed by atoms with E-state index in [9.17, 15) is 0 Å². The average molecular weight is 335 g/mol. The minimum absolute atomic E-state index is 0.437. The molecule has 1 aliphatic heterocycles. The number of hydrogen-bond acceptors (Lipinski definition) is 1. The van der Waals surface area contributed by atoms with Gasteiger partial charge in [-0.3, -0.25) is 0 Å². The molecule has 0 radical (unpaired) electrons. The van der Waals surface area contributed by atoms with E-state index in [1.54, 1.807) is 0 Å². The van der Waals surface area contributed by atoms with Crippen molar-refractivity contribution >= 4 is 69.6 Å². The topological polar surface area (TPSA) is 12.5 Å². The molecular formula is C8H10Cl6O. The molecule has 0 aromatic rings. The molecular weight excluding hydrogens is 325 g/mol. The van der Waals surface area contributed by atoms with E-state index >= 15 is 0 Å². The number of rotatable bonds is 0. The summed E-state index contributed by atoms with van der Waals surface area (Å²) < 4.78 is 4.50. The summed E-state index contributed by atoms with van der Waals surface area (Å²) in [5.74, 6) is 0. The molecule has 0 atom stereocenters. The van der Waals surface area contributed by atoms with E-state index in [0.29, 0.717) is 0 Å². The number of hydrogen-bond donors (Lipinski definition) is 0. The van der Waals surface area contributed by atoms with E-state index in [2.05, 4.69) is 4.74 Å². The third-order valence-corrected chi connectivity index (χ3v) is 6.06. The van der Waals surface area contributed by atoms with Crippen LogP contribution in [0, 0.1) is 0 Å². The molecule has 2 fully saturated rings. The Bertz CT molecular complexity index is 140. The fourth-order valence-corrected chi connectivity index (χ4v) is 3.38. The Kier molecular flexibility index (Phi) is 6.48. The molecule has 0 bridgehead atoms. The van der Waals surface area contributed by atoms with Crippen LogP contribution in [-0.2, 0) is 4.74 Å². The van der Waals surface area contributed by atoms with E-state index < -0.39 is 32.3 Å². The van der Waals surface area contributed by atoms with Crippen LogP contribution in [0.3, 0.4) is 0 Å². The minimum atomic E-state index is -0.437. The van der Waals surface area contributed by atoms with Crippen LogP contribution >= 0.6 is 69.6 Å². The highest BCUT2D eigenvalue weighted by molar-refractivity contribution is 6.45. The molecule has 0 aromatic heterocycles. The van der Waals surface area contributed by atoms with E-state index in [4.69, 9.17) is 69.6 Å². The predicted molar refractivity (Wildman–Crippen MR) is 68.7 cm³/mol. The van der Waals surface area contributed by atoms with Crippen LogP contribution in [0.2, 0.25) is 0 Å². The fourth-order valence-electron chi connectivity index (χ4n) is 1.05. The van der Waals surface area contributed by atoms with Gasteiger partial charge in [-0.2, -0.15) is 0 Å². The molecule has 2 aliphatic rings. The monoisotopic (exact) mass is 332 g/mol. The van der Waals surface area contributed by atoms with Crippen molar-refractivity contribution in [3.05, 3.63) is 0 Å². The average Bonchev–Trinajstić information content (AvgIpc) is 3.08. The summed E-state index contributed by atoms with van der Waals surface area (Å²) in [5, 5.41) is -2.62. The first kappa shape index (κ1) is 14.8. The first-order valence-corrected chi connectivity index (χ1v) is 7.01. The van der Waals surface area contributed by atoms with Crippen molar-refractivity contribution in [2.24, 2.45) is 0 Å². The highest BCUT2D eigenvalue weighted by Gasteiger charge is 2.46. The lowest BCUT2D eigenvalue weighted by molar-refractivity contribution is 0.475. The van der Waals surface area contributed by atoms with Crippen molar-refractivity contribution in [3.63, 3.8) is 0 Å². The van der Waals surface area contributed by atoms with Gasteiger partial charge in [0.05, 0.1) is 45.5 Å². The summed E-state index contributed by atoms with van der Waals surface area (Å²) in [4.78, 5) is 0. The molecule has 1 heterocycles. The van der Waals surface area contributed by atoms with Gasteiger partial charge in [-0.05, 0) is 0 Å². The van der Waals surface area contributed by atoms with Crippen molar-refractivity contribution in [2.75, 3.05) is 13.2 Å². The van der Waals surface area contributed by atoms with Crippen LogP contribution in [0.15, 0.2) is 0 Å². The lowest BCUT2D eigenvalue weighted by Gasteiger charge is -2.37. The van der Waals surface area contributed by atoms with Gasteiger partial charge < -0.3 is 4.74 Å². The molecule has 90 valence electrons. The SMILES string of the molecule is C1CO1.Cl[C@H]1[C@H](Cl)[C@@H](Cl)[C@@H](Cl)[C@H](Cl)[C@H]1Cl. The molecule has 2 rings (SSSR count). The third kappa shape index (κ3) is 4.13. The van der Waals surface area contributed by atoms with Crippen LogP contribution in [-0.4, -0.2) is 45.5 Å². The van der Waals surface area contributed by atoms with Gasteiger partial charge in [0.2, 0.25) is 0 Å². The Hall–Kier alpha value is 1.70. The number of alkyl halides is 6. The van der Waals surface area contributed by atoms with E-state index in [1.807, 2.05) is 0 Å². The maximum Gasteiger partial charge on any atom is 0.0701 e. The van der Waals surface area contributed by atoms with E-state index in [-0.39, 0.29) is 0 Å². The second-order valence-electron chi connectivity index (χ2n) is 3.28. The van der Waals surface area contributed by atoms with Gasteiger partial charge in [-0.25, -0.2) is 0 Å². The normalized spacial score (nSPS) is 49.2. The van der Waals surface area contributed by atoms with Gasteiger partial charge in [-0.15, -0.1) is 69.6 Å². The number of ether oxygens (including phenoxy) is 1. The van der Waals surface area contributed by atoms with Crippen LogP contribution < -0.4 is 0 Å². The van der Waals surface area contributed by atoms with Crippen molar-refractivity contribution in [2.45, 2.75) is 32.3 Å². The van der Waals surface area contributed by atoms with Gasteiger partial charge in [0, 0.05) is 0 Å². The zero-order valence-electron chi connectivity index (χ0n) is 7.55. The molecule has 0 unspecified atom stereocenters. The Morgan fingerprint density at radius 3 is 0.733 bits per heavy atom. The second-order valence-corrected chi connectivity index (χ2v) is 6.30. The minimum Gasteiger partial charge on any atom is -0.377 e. The lowest BCUT2D eigenvalue weighted by Crippen LogP contribution is -2.52.